The first-order valence-electron chi connectivity index (χ1n) is 5.38. The third-order valence-corrected chi connectivity index (χ3v) is 2.85. The monoisotopic (exact) mass is 318 g/mol. The van der Waals surface area contributed by atoms with Crippen molar-refractivity contribution in [2.45, 2.75) is 18.2 Å². The minimum atomic E-state index is -0.373. The first kappa shape index (κ1) is 14.5. The molecule has 1 aromatic carbocycles. The van der Waals surface area contributed by atoms with Gasteiger partial charge in [-0.05, 0) is 24.6 Å². The second-order valence-corrected chi connectivity index (χ2v) is 4.81. The molecule has 0 atom stereocenters. The maximum absolute atomic E-state index is 11.7. The molecule has 94 valence electrons. The first-order valence-corrected chi connectivity index (χ1v) is 6.62. The molecule has 17 heavy (non-hydrogen) atoms. The number of halogens is 1. The summed E-state index contributed by atoms with van der Waals surface area (Å²) in [6.45, 7) is 3.41. The van der Waals surface area contributed by atoms with E-state index in [-0.39, 0.29) is 12.6 Å². The minimum Gasteiger partial charge on any atom is -0.460 e. The number of carbonyl (C=O) groups excluding carboxylic acids is 1. The Morgan fingerprint density at radius 2 is 2.12 bits per heavy atom. The topological polar surface area (TPSA) is 35.5 Å². The van der Waals surface area contributed by atoms with E-state index in [1.54, 1.807) is 18.2 Å². The van der Waals surface area contributed by atoms with Crippen molar-refractivity contribution in [3.8, 4) is 0 Å². The largest absolute Gasteiger partial charge is 0.460 e. The van der Waals surface area contributed by atoms with E-state index in [1.165, 1.54) is 0 Å². The van der Waals surface area contributed by atoms with Gasteiger partial charge in [0.25, 0.3) is 0 Å². The SMILES string of the molecule is CCCOCCOC(=O)c1ccc(Br)cc1S. The van der Waals surface area contributed by atoms with E-state index in [9.17, 15) is 4.79 Å². The zero-order chi connectivity index (χ0) is 12.7. The van der Waals surface area contributed by atoms with Crippen LogP contribution in [-0.4, -0.2) is 25.8 Å². The van der Waals surface area contributed by atoms with Gasteiger partial charge in [0.05, 0.1) is 12.2 Å². The van der Waals surface area contributed by atoms with E-state index in [1.807, 2.05) is 6.92 Å². The number of esters is 1. The van der Waals surface area contributed by atoms with Crippen molar-refractivity contribution in [2.75, 3.05) is 19.8 Å². The van der Waals surface area contributed by atoms with Crippen LogP contribution in [0.2, 0.25) is 0 Å². The molecule has 5 heteroatoms. The summed E-state index contributed by atoms with van der Waals surface area (Å²) in [5, 5.41) is 0. The Morgan fingerprint density at radius 3 is 2.76 bits per heavy atom. The van der Waals surface area contributed by atoms with Gasteiger partial charge >= 0.3 is 5.97 Å². The summed E-state index contributed by atoms with van der Waals surface area (Å²) < 4.78 is 11.2. The third-order valence-electron chi connectivity index (χ3n) is 1.99. The number of benzene rings is 1. The van der Waals surface area contributed by atoms with Crippen LogP contribution in [0.5, 0.6) is 0 Å². The van der Waals surface area contributed by atoms with Gasteiger partial charge in [-0.3, -0.25) is 0 Å². The first-order chi connectivity index (χ1) is 8.15. The predicted octanol–water partition coefficient (Wildman–Crippen LogP) is 3.32. The highest BCUT2D eigenvalue weighted by atomic mass is 79.9. The smallest absolute Gasteiger partial charge is 0.339 e. The van der Waals surface area contributed by atoms with Gasteiger partial charge in [0.1, 0.15) is 6.61 Å². The van der Waals surface area contributed by atoms with Gasteiger partial charge in [0.2, 0.25) is 0 Å². The van der Waals surface area contributed by atoms with E-state index in [2.05, 4.69) is 28.6 Å². The third kappa shape index (κ3) is 5.10. The van der Waals surface area contributed by atoms with Crippen LogP contribution < -0.4 is 0 Å². The normalized spacial score (nSPS) is 10.3. The highest BCUT2D eigenvalue weighted by molar-refractivity contribution is 9.10. The second-order valence-electron chi connectivity index (χ2n) is 3.41. The van der Waals surface area contributed by atoms with E-state index in [4.69, 9.17) is 9.47 Å². The van der Waals surface area contributed by atoms with E-state index in [0.29, 0.717) is 23.7 Å². The minimum absolute atomic E-state index is 0.266. The van der Waals surface area contributed by atoms with Crippen LogP contribution >= 0.6 is 28.6 Å². The van der Waals surface area contributed by atoms with Gasteiger partial charge in [-0.2, -0.15) is 0 Å². The molecule has 0 aromatic heterocycles. The summed E-state index contributed by atoms with van der Waals surface area (Å²) in [4.78, 5) is 12.3. The molecular formula is C12H15BrO3S. The Balaban J connectivity index is 2.42. The van der Waals surface area contributed by atoms with Gasteiger partial charge < -0.3 is 9.47 Å². The zero-order valence-electron chi connectivity index (χ0n) is 9.61. The Kier molecular flexibility index (Phi) is 6.62. The van der Waals surface area contributed by atoms with Crippen LogP contribution in [0, 0.1) is 0 Å². The van der Waals surface area contributed by atoms with Crippen molar-refractivity contribution in [3.63, 3.8) is 0 Å². The molecule has 1 aromatic rings. The maximum Gasteiger partial charge on any atom is 0.339 e. The molecule has 0 N–H and O–H groups in total. The molecule has 0 radical (unpaired) electrons. The number of hydrogen-bond donors (Lipinski definition) is 1. The lowest BCUT2D eigenvalue weighted by molar-refractivity contribution is 0.0315. The summed E-state index contributed by atoms with van der Waals surface area (Å²) in [6.07, 6.45) is 0.960. The fourth-order valence-electron chi connectivity index (χ4n) is 1.19. The lowest BCUT2D eigenvalue weighted by Gasteiger charge is -2.07. The zero-order valence-corrected chi connectivity index (χ0v) is 12.1. The summed E-state index contributed by atoms with van der Waals surface area (Å²) in [6, 6.07) is 5.22. The molecule has 0 aliphatic rings. The number of carbonyl (C=O) groups is 1. The Morgan fingerprint density at radius 1 is 1.35 bits per heavy atom. The van der Waals surface area contributed by atoms with Gasteiger partial charge in [0.15, 0.2) is 0 Å². The van der Waals surface area contributed by atoms with Crippen molar-refractivity contribution in [1.82, 2.24) is 0 Å². The molecule has 0 bridgehead atoms. The fraction of sp³-hybridized carbons (Fsp3) is 0.417. The number of thiol groups is 1. The molecule has 0 unspecified atom stereocenters. The molecule has 0 aliphatic carbocycles. The van der Waals surface area contributed by atoms with Crippen LogP contribution in [0.25, 0.3) is 0 Å². The Labute approximate surface area is 115 Å². The molecule has 0 saturated carbocycles. The summed E-state index contributed by atoms with van der Waals surface area (Å²) in [5.74, 6) is -0.373. The number of rotatable bonds is 6. The van der Waals surface area contributed by atoms with Crippen molar-refractivity contribution < 1.29 is 14.3 Å². The Hall–Kier alpha value is -0.520. The molecule has 0 fully saturated rings. The van der Waals surface area contributed by atoms with Crippen LogP contribution in [0.3, 0.4) is 0 Å². The van der Waals surface area contributed by atoms with E-state index < -0.39 is 0 Å². The van der Waals surface area contributed by atoms with Gasteiger partial charge in [-0.15, -0.1) is 12.6 Å². The standard InChI is InChI=1S/C12H15BrO3S/c1-2-5-15-6-7-16-12(14)10-4-3-9(13)8-11(10)17/h3-4,8,17H,2,5-7H2,1H3. The highest BCUT2D eigenvalue weighted by Gasteiger charge is 2.10. The van der Waals surface area contributed by atoms with Crippen molar-refractivity contribution in [2.24, 2.45) is 0 Å². The molecule has 0 aliphatic heterocycles. The van der Waals surface area contributed by atoms with Crippen LogP contribution in [-0.2, 0) is 9.47 Å². The van der Waals surface area contributed by atoms with Gasteiger partial charge in [-0.25, -0.2) is 4.79 Å². The number of ether oxygens (including phenoxy) is 2. The fourth-order valence-corrected chi connectivity index (χ4v) is 2.04. The highest BCUT2D eigenvalue weighted by Crippen LogP contribution is 2.20. The van der Waals surface area contributed by atoms with E-state index in [0.717, 1.165) is 10.9 Å². The van der Waals surface area contributed by atoms with Crippen LogP contribution in [0.4, 0.5) is 0 Å². The molecule has 0 spiro atoms. The quantitative estimate of drug-likeness (QED) is 0.496. The Bertz CT molecular complexity index is 382. The average molecular weight is 319 g/mol. The lowest BCUT2D eigenvalue weighted by Crippen LogP contribution is -2.11. The molecule has 0 amide bonds. The maximum atomic E-state index is 11.7. The molecule has 3 nitrogen and oxygen atoms in total. The van der Waals surface area contributed by atoms with Crippen LogP contribution in [0.15, 0.2) is 27.6 Å². The van der Waals surface area contributed by atoms with Crippen molar-refractivity contribution in [1.29, 1.82) is 0 Å². The molecular weight excluding hydrogens is 304 g/mol. The summed E-state index contributed by atoms with van der Waals surface area (Å²) in [5.41, 5.74) is 0.465. The van der Waals surface area contributed by atoms with Gasteiger partial charge in [-0.1, -0.05) is 22.9 Å². The molecule has 1 rings (SSSR count). The average Bonchev–Trinajstić information content (AvgIpc) is 2.28. The molecule has 0 heterocycles. The van der Waals surface area contributed by atoms with Crippen molar-refractivity contribution in [3.05, 3.63) is 28.2 Å². The lowest BCUT2D eigenvalue weighted by atomic mass is 10.2. The summed E-state index contributed by atoms with van der Waals surface area (Å²) >= 11 is 7.53. The summed E-state index contributed by atoms with van der Waals surface area (Å²) in [7, 11) is 0. The number of hydrogen-bond acceptors (Lipinski definition) is 4. The van der Waals surface area contributed by atoms with E-state index >= 15 is 0 Å². The predicted molar refractivity (Wildman–Crippen MR) is 72.8 cm³/mol. The second kappa shape index (κ2) is 7.74. The van der Waals surface area contributed by atoms with Gasteiger partial charge in [0, 0.05) is 16.0 Å². The molecule has 0 saturated heterocycles. The van der Waals surface area contributed by atoms with Crippen molar-refractivity contribution >= 4 is 34.5 Å². The van der Waals surface area contributed by atoms with Crippen LogP contribution in [0.1, 0.15) is 23.7 Å².